The monoisotopic (exact) mass is 528 g/mol. The smallest absolute Gasteiger partial charge is 0.248 e. The fourth-order valence-corrected chi connectivity index (χ4v) is 6.39. The second-order valence-corrected chi connectivity index (χ2v) is 11.9. The van der Waals surface area contributed by atoms with Crippen molar-refractivity contribution in [3.05, 3.63) is 63.6 Å². The van der Waals surface area contributed by atoms with Crippen LogP contribution in [0.4, 0.5) is 4.39 Å². The molecule has 1 fully saturated rings. The number of hydrogen-bond acceptors (Lipinski definition) is 7. The number of halogens is 1. The molecule has 1 aliphatic rings. The van der Waals surface area contributed by atoms with Crippen molar-refractivity contribution in [3.63, 3.8) is 0 Å². The van der Waals surface area contributed by atoms with Crippen LogP contribution in [0.2, 0.25) is 0 Å². The lowest BCUT2D eigenvalue weighted by Crippen LogP contribution is -2.41. The van der Waals surface area contributed by atoms with Gasteiger partial charge in [0, 0.05) is 29.4 Å². The topological polar surface area (TPSA) is 138 Å². The van der Waals surface area contributed by atoms with Crippen molar-refractivity contribution in [3.8, 4) is 11.1 Å². The highest BCUT2D eigenvalue weighted by Crippen LogP contribution is 2.35. The van der Waals surface area contributed by atoms with E-state index in [1.54, 1.807) is 24.3 Å². The fraction of sp³-hybridized carbons (Fsp3) is 0.250. The van der Waals surface area contributed by atoms with Gasteiger partial charge in [-0.15, -0.1) is 11.3 Å². The zero-order valence-corrected chi connectivity index (χ0v) is 20.6. The largest absolute Gasteiger partial charge is 0.352 e. The summed E-state index contributed by atoms with van der Waals surface area (Å²) in [5.41, 5.74) is 1.48. The molecule has 12 heteroatoms. The third kappa shape index (κ3) is 5.00. The van der Waals surface area contributed by atoms with E-state index < -0.39 is 32.7 Å². The number of rotatable bonds is 7. The lowest BCUT2D eigenvalue weighted by molar-refractivity contribution is -0.126. The van der Waals surface area contributed by atoms with E-state index in [4.69, 9.17) is 0 Å². The summed E-state index contributed by atoms with van der Waals surface area (Å²) in [6.45, 7) is -0.349. The van der Waals surface area contributed by atoms with Gasteiger partial charge in [-0.25, -0.2) is 17.8 Å². The van der Waals surface area contributed by atoms with Crippen LogP contribution in [0.15, 0.2) is 47.3 Å². The SMILES string of the molecule is CS(=O)(=O)C(C(=O)NCC(=O)NC1CC1)c1nc2cc(-c3ccc4[nH]c(=O)ccc4c3)c(F)cc2s1. The van der Waals surface area contributed by atoms with Gasteiger partial charge in [0.25, 0.3) is 0 Å². The number of amides is 2. The minimum atomic E-state index is -3.94. The Balaban J connectivity index is 1.47. The van der Waals surface area contributed by atoms with E-state index in [1.165, 1.54) is 18.2 Å². The van der Waals surface area contributed by atoms with Gasteiger partial charge in [-0.2, -0.15) is 0 Å². The molecule has 0 radical (unpaired) electrons. The summed E-state index contributed by atoms with van der Waals surface area (Å²) in [5.74, 6) is -1.81. The molecule has 2 aromatic carbocycles. The van der Waals surface area contributed by atoms with E-state index in [0.717, 1.165) is 30.4 Å². The van der Waals surface area contributed by atoms with Gasteiger partial charge in [-0.1, -0.05) is 6.07 Å². The number of carbonyl (C=O) groups is 2. The second kappa shape index (κ2) is 9.10. The normalized spacial score (nSPS) is 14.6. The number of H-pyrrole nitrogens is 1. The van der Waals surface area contributed by atoms with E-state index in [0.29, 0.717) is 26.7 Å². The molecule has 0 spiro atoms. The molecule has 186 valence electrons. The Morgan fingerprint density at radius 2 is 1.97 bits per heavy atom. The molecule has 1 unspecified atom stereocenters. The maximum atomic E-state index is 15.1. The van der Waals surface area contributed by atoms with Gasteiger partial charge in [0.05, 0.1) is 16.8 Å². The molecule has 0 aliphatic heterocycles. The number of sulfone groups is 1. The molecule has 2 amide bonds. The zero-order chi connectivity index (χ0) is 25.6. The minimum absolute atomic E-state index is 0.0137. The molecule has 5 rings (SSSR count). The predicted octanol–water partition coefficient (Wildman–Crippen LogP) is 2.42. The molecule has 2 aromatic heterocycles. The first kappa shape index (κ1) is 24.1. The lowest BCUT2D eigenvalue weighted by Gasteiger charge is -2.12. The molecular weight excluding hydrogens is 507 g/mol. The number of thiazole rings is 1. The number of nitrogens with one attached hydrogen (secondary N) is 3. The molecule has 0 saturated heterocycles. The fourth-order valence-electron chi connectivity index (χ4n) is 3.88. The molecule has 9 nitrogen and oxygen atoms in total. The van der Waals surface area contributed by atoms with Gasteiger partial charge in [0.15, 0.2) is 15.1 Å². The highest BCUT2D eigenvalue weighted by molar-refractivity contribution is 7.91. The van der Waals surface area contributed by atoms with Gasteiger partial charge in [-0.3, -0.25) is 14.4 Å². The third-order valence-corrected chi connectivity index (χ3v) is 8.31. The average molecular weight is 529 g/mol. The molecule has 1 saturated carbocycles. The Morgan fingerprint density at radius 3 is 2.69 bits per heavy atom. The molecule has 4 aromatic rings. The Hall–Kier alpha value is -3.64. The minimum Gasteiger partial charge on any atom is -0.352 e. The van der Waals surface area contributed by atoms with Crippen LogP contribution in [0.3, 0.4) is 0 Å². The summed E-state index contributed by atoms with van der Waals surface area (Å²) in [6.07, 6.45) is 2.68. The van der Waals surface area contributed by atoms with Crippen molar-refractivity contribution in [2.45, 2.75) is 24.1 Å². The molecule has 1 atom stereocenters. The van der Waals surface area contributed by atoms with Crippen LogP contribution in [0, 0.1) is 5.82 Å². The van der Waals surface area contributed by atoms with E-state index in [2.05, 4.69) is 20.6 Å². The van der Waals surface area contributed by atoms with Crippen LogP contribution in [0.1, 0.15) is 23.1 Å². The van der Waals surface area contributed by atoms with Crippen molar-refractivity contribution in [1.29, 1.82) is 0 Å². The molecule has 36 heavy (non-hydrogen) atoms. The van der Waals surface area contributed by atoms with Gasteiger partial charge in [0.2, 0.25) is 17.4 Å². The van der Waals surface area contributed by atoms with Crippen molar-refractivity contribution in [2.24, 2.45) is 0 Å². The highest BCUT2D eigenvalue weighted by atomic mass is 32.2. The summed E-state index contributed by atoms with van der Waals surface area (Å²) in [5, 5.41) is 4.15. The van der Waals surface area contributed by atoms with Gasteiger partial charge >= 0.3 is 0 Å². The average Bonchev–Trinajstić information content (AvgIpc) is 3.53. The summed E-state index contributed by atoms with van der Waals surface area (Å²) < 4.78 is 40.4. The van der Waals surface area contributed by atoms with Crippen LogP contribution in [-0.4, -0.2) is 49.0 Å². The van der Waals surface area contributed by atoms with Crippen molar-refractivity contribution < 1.29 is 22.4 Å². The first-order chi connectivity index (χ1) is 17.1. The summed E-state index contributed by atoms with van der Waals surface area (Å²) in [6, 6.07) is 10.9. The van der Waals surface area contributed by atoms with E-state index in [1.807, 2.05) is 0 Å². The summed E-state index contributed by atoms with van der Waals surface area (Å²) in [4.78, 5) is 43.3. The Kier molecular flexibility index (Phi) is 6.08. The van der Waals surface area contributed by atoms with E-state index in [-0.39, 0.29) is 28.7 Å². The predicted molar refractivity (Wildman–Crippen MR) is 135 cm³/mol. The number of aromatic amines is 1. The number of benzene rings is 2. The molecular formula is C24H21FN4O5S2. The van der Waals surface area contributed by atoms with Crippen LogP contribution in [-0.2, 0) is 19.4 Å². The summed E-state index contributed by atoms with van der Waals surface area (Å²) >= 11 is 0.906. The van der Waals surface area contributed by atoms with Crippen molar-refractivity contribution in [2.75, 3.05) is 12.8 Å². The Labute approximate surface area is 208 Å². The highest BCUT2D eigenvalue weighted by Gasteiger charge is 2.34. The Morgan fingerprint density at radius 1 is 1.19 bits per heavy atom. The maximum Gasteiger partial charge on any atom is 0.248 e. The first-order valence-corrected chi connectivity index (χ1v) is 13.8. The molecule has 3 N–H and O–H groups in total. The number of carbonyl (C=O) groups excluding carboxylic acids is 2. The number of nitrogens with zero attached hydrogens (tertiary/aromatic N) is 1. The zero-order valence-electron chi connectivity index (χ0n) is 19.0. The van der Waals surface area contributed by atoms with Crippen LogP contribution in [0.25, 0.3) is 32.2 Å². The number of fused-ring (bicyclic) bond motifs is 2. The summed E-state index contributed by atoms with van der Waals surface area (Å²) in [7, 11) is -3.94. The third-order valence-electron chi connectivity index (χ3n) is 5.78. The van der Waals surface area contributed by atoms with Gasteiger partial charge in [0.1, 0.15) is 10.8 Å². The number of aromatic nitrogens is 2. The quantitative estimate of drug-likeness (QED) is 0.337. The molecule has 2 heterocycles. The van der Waals surface area contributed by atoms with Crippen molar-refractivity contribution >= 4 is 54.1 Å². The maximum absolute atomic E-state index is 15.1. The Bertz CT molecular complexity index is 1690. The van der Waals surface area contributed by atoms with Gasteiger partial charge < -0.3 is 15.6 Å². The van der Waals surface area contributed by atoms with Crippen LogP contribution >= 0.6 is 11.3 Å². The van der Waals surface area contributed by atoms with E-state index in [9.17, 15) is 22.8 Å². The van der Waals surface area contributed by atoms with Gasteiger partial charge in [-0.05, 0) is 54.1 Å². The molecule has 1 aliphatic carbocycles. The van der Waals surface area contributed by atoms with Crippen LogP contribution in [0.5, 0.6) is 0 Å². The standard InChI is InChI=1S/C24H21FN4O5S2/c1-36(33,34)22(23(32)26-11-21(31)27-14-4-5-14)24-29-18-9-15(16(25)10-19(18)35-24)12-2-6-17-13(8-12)3-7-20(30)28-17/h2-3,6-10,14,22H,4-5,11H2,1H3,(H,26,32)(H,27,31)(H,28,30). The number of hydrogen-bond donors (Lipinski definition) is 3. The van der Waals surface area contributed by atoms with Crippen molar-refractivity contribution in [1.82, 2.24) is 20.6 Å². The van der Waals surface area contributed by atoms with E-state index >= 15 is 4.39 Å². The lowest BCUT2D eigenvalue weighted by atomic mass is 10.0. The second-order valence-electron chi connectivity index (χ2n) is 8.75. The number of pyridine rings is 1. The molecule has 0 bridgehead atoms. The first-order valence-electron chi connectivity index (χ1n) is 11.1. The van der Waals surface area contributed by atoms with Crippen LogP contribution < -0.4 is 16.2 Å².